The average Bonchev–Trinajstić information content (AvgIpc) is 2.39. The molecule has 0 aromatic heterocycles. The summed E-state index contributed by atoms with van der Waals surface area (Å²) in [5, 5.41) is 10.5. The quantitative estimate of drug-likeness (QED) is 0.493. The molecule has 0 saturated heterocycles. The van der Waals surface area contributed by atoms with Gasteiger partial charge in [-0.15, -0.1) is 18.2 Å². The molecule has 0 spiro atoms. The molecular formula is C11H15Cl3O3. The minimum absolute atomic E-state index is 0.0136. The number of alkyl halides is 1. The highest BCUT2D eigenvalue weighted by Gasteiger charge is 2.70. The topological polar surface area (TPSA) is 38.7 Å². The summed E-state index contributed by atoms with van der Waals surface area (Å²) in [6.45, 7) is 5.07. The molecule has 0 aromatic carbocycles. The lowest BCUT2D eigenvalue weighted by molar-refractivity contribution is -0.212. The average molecular weight is 302 g/mol. The Hall–Kier alpha value is 0.230. The molecule has 0 saturated carbocycles. The van der Waals surface area contributed by atoms with Crippen molar-refractivity contribution in [2.45, 2.75) is 29.6 Å². The van der Waals surface area contributed by atoms with Gasteiger partial charge < -0.3 is 14.6 Å². The van der Waals surface area contributed by atoms with Crippen LogP contribution in [0.3, 0.4) is 0 Å². The van der Waals surface area contributed by atoms with E-state index < -0.39 is 16.3 Å². The summed E-state index contributed by atoms with van der Waals surface area (Å²) in [4.78, 5) is -1.38. The minimum Gasteiger partial charge on any atom is -0.382 e. The zero-order valence-corrected chi connectivity index (χ0v) is 12.2. The van der Waals surface area contributed by atoms with Crippen LogP contribution in [0.2, 0.25) is 0 Å². The molecule has 0 amide bonds. The number of hydrogen-bond donors (Lipinski definition) is 1. The van der Waals surface area contributed by atoms with Gasteiger partial charge in [0.1, 0.15) is 10.5 Å². The van der Waals surface area contributed by atoms with Crippen LogP contribution < -0.4 is 0 Å². The smallest absolute Gasteiger partial charge is 0.229 e. The molecule has 0 aliphatic heterocycles. The van der Waals surface area contributed by atoms with Gasteiger partial charge in [-0.3, -0.25) is 0 Å². The molecule has 1 aliphatic carbocycles. The Bertz CT molecular complexity index is 361. The van der Waals surface area contributed by atoms with Crippen LogP contribution in [-0.2, 0) is 9.47 Å². The summed E-state index contributed by atoms with van der Waals surface area (Å²) in [7, 11) is 2.77. The van der Waals surface area contributed by atoms with Crippen molar-refractivity contribution >= 4 is 34.8 Å². The summed E-state index contributed by atoms with van der Waals surface area (Å²) < 4.78 is 10.6. The Morgan fingerprint density at radius 3 is 2.12 bits per heavy atom. The van der Waals surface area contributed by atoms with Crippen molar-refractivity contribution in [2.75, 3.05) is 14.2 Å². The van der Waals surface area contributed by atoms with E-state index in [-0.39, 0.29) is 16.5 Å². The third-order valence-electron chi connectivity index (χ3n) is 3.20. The van der Waals surface area contributed by atoms with Crippen molar-refractivity contribution in [3.63, 3.8) is 0 Å². The summed E-state index contributed by atoms with van der Waals surface area (Å²) in [5.41, 5.74) is -1.58. The number of allylic oxidation sites excluding steroid dienone is 1. The SMILES string of the molecule is C=CC[C@@]1(Cl)C(OC)(OC)C(Cl)=C(Cl)[C@]1(C)O. The molecule has 6 heteroatoms. The molecule has 0 heterocycles. The summed E-state index contributed by atoms with van der Waals surface area (Å²) in [6, 6.07) is 0. The molecule has 17 heavy (non-hydrogen) atoms. The molecule has 0 unspecified atom stereocenters. The van der Waals surface area contributed by atoms with Gasteiger partial charge in [-0.25, -0.2) is 0 Å². The molecule has 1 aliphatic rings. The van der Waals surface area contributed by atoms with Crippen LogP contribution in [0.4, 0.5) is 0 Å². The normalized spacial score (nSPS) is 36.4. The van der Waals surface area contributed by atoms with Gasteiger partial charge in [-0.2, -0.15) is 0 Å². The van der Waals surface area contributed by atoms with Gasteiger partial charge in [-0.05, 0) is 13.3 Å². The maximum absolute atomic E-state index is 10.5. The lowest BCUT2D eigenvalue weighted by atomic mass is 9.84. The van der Waals surface area contributed by atoms with E-state index in [0.29, 0.717) is 0 Å². The van der Waals surface area contributed by atoms with E-state index in [1.54, 1.807) is 6.08 Å². The van der Waals surface area contributed by atoms with Crippen LogP contribution in [0.1, 0.15) is 13.3 Å². The zero-order valence-electron chi connectivity index (χ0n) is 9.89. The Morgan fingerprint density at radius 2 is 1.76 bits per heavy atom. The van der Waals surface area contributed by atoms with Gasteiger partial charge in [-0.1, -0.05) is 29.3 Å². The van der Waals surface area contributed by atoms with Crippen molar-refractivity contribution < 1.29 is 14.6 Å². The van der Waals surface area contributed by atoms with Gasteiger partial charge >= 0.3 is 0 Å². The largest absolute Gasteiger partial charge is 0.382 e. The summed E-state index contributed by atoms with van der Waals surface area (Å²) >= 11 is 18.6. The van der Waals surface area contributed by atoms with Crippen molar-refractivity contribution in [3.05, 3.63) is 22.7 Å². The molecule has 98 valence electrons. The second kappa shape index (κ2) is 4.72. The molecule has 1 N–H and O–H groups in total. The van der Waals surface area contributed by atoms with Gasteiger partial charge in [0.05, 0.1) is 10.1 Å². The second-order valence-electron chi connectivity index (χ2n) is 4.02. The number of aliphatic hydroxyl groups is 1. The van der Waals surface area contributed by atoms with Crippen molar-refractivity contribution in [2.24, 2.45) is 0 Å². The van der Waals surface area contributed by atoms with E-state index in [1.165, 1.54) is 21.1 Å². The minimum atomic E-state index is -1.58. The first-order chi connectivity index (χ1) is 7.75. The lowest BCUT2D eigenvalue weighted by Crippen LogP contribution is -2.60. The number of methoxy groups -OCH3 is 2. The molecule has 0 radical (unpaired) electrons. The maximum atomic E-state index is 10.5. The van der Waals surface area contributed by atoms with Crippen LogP contribution in [0.5, 0.6) is 0 Å². The zero-order chi connectivity index (χ0) is 13.5. The highest BCUT2D eigenvalue weighted by molar-refractivity contribution is 6.44. The van der Waals surface area contributed by atoms with Crippen molar-refractivity contribution in [3.8, 4) is 0 Å². The van der Waals surface area contributed by atoms with E-state index in [2.05, 4.69) is 6.58 Å². The number of ether oxygens (including phenoxy) is 2. The highest BCUT2D eigenvalue weighted by atomic mass is 35.5. The molecule has 0 aromatic rings. The fraction of sp³-hybridized carbons (Fsp3) is 0.636. The van der Waals surface area contributed by atoms with E-state index in [0.717, 1.165) is 0 Å². The number of rotatable bonds is 4. The first kappa shape index (κ1) is 15.3. The molecule has 0 bridgehead atoms. The predicted molar refractivity (Wildman–Crippen MR) is 69.5 cm³/mol. The summed E-state index contributed by atoms with van der Waals surface area (Å²) in [6.07, 6.45) is 1.75. The van der Waals surface area contributed by atoms with Gasteiger partial charge in [0.2, 0.25) is 5.79 Å². The molecular weight excluding hydrogens is 286 g/mol. The predicted octanol–water partition coefficient (Wildman–Crippen LogP) is 2.98. The fourth-order valence-corrected chi connectivity index (χ4v) is 3.48. The molecule has 0 fully saturated rings. The van der Waals surface area contributed by atoms with E-state index in [9.17, 15) is 5.11 Å². The van der Waals surface area contributed by atoms with E-state index in [1.807, 2.05) is 0 Å². The van der Waals surface area contributed by atoms with Crippen LogP contribution in [0.15, 0.2) is 22.7 Å². The highest BCUT2D eigenvalue weighted by Crippen LogP contribution is 2.59. The lowest BCUT2D eigenvalue weighted by Gasteiger charge is -2.44. The first-order valence-corrected chi connectivity index (χ1v) is 6.07. The second-order valence-corrected chi connectivity index (χ2v) is 5.42. The van der Waals surface area contributed by atoms with Gasteiger partial charge in [0.15, 0.2) is 0 Å². The maximum Gasteiger partial charge on any atom is 0.229 e. The third kappa shape index (κ3) is 1.68. The molecule has 1 rings (SSSR count). The Morgan fingerprint density at radius 1 is 1.29 bits per heavy atom. The van der Waals surface area contributed by atoms with E-state index in [4.69, 9.17) is 44.3 Å². The van der Waals surface area contributed by atoms with Crippen LogP contribution in [0, 0.1) is 0 Å². The number of hydrogen-bond acceptors (Lipinski definition) is 3. The van der Waals surface area contributed by atoms with Gasteiger partial charge in [0.25, 0.3) is 0 Å². The third-order valence-corrected chi connectivity index (χ3v) is 5.07. The monoisotopic (exact) mass is 300 g/mol. The fourth-order valence-electron chi connectivity index (χ4n) is 2.14. The molecule has 3 nitrogen and oxygen atoms in total. The van der Waals surface area contributed by atoms with Crippen LogP contribution in [0.25, 0.3) is 0 Å². The van der Waals surface area contributed by atoms with Crippen molar-refractivity contribution in [1.29, 1.82) is 0 Å². The Balaban J connectivity index is 3.50. The number of halogens is 3. The summed E-state index contributed by atoms with van der Waals surface area (Å²) in [5.74, 6) is -1.50. The van der Waals surface area contributed by atoms with Gasteiger partial charge in [0, 0.05) is 14.2 Å². The standard InChI is InChI=1S/C11H15Cl3O3/c1-5-6-10(14)9(2,15)7(12)8(13)11(10,16-3)17-4/h5,15H,1,6H2,2-4H3/t9-,10-/m0/s1. The Kier molecular flexibility index (Phi) is 4.25. The van der Waals surface area contributed by atoms with Crippen LogP contribution in [-0.4, -0.2) is 35.6 Å². The Labute approximate surface area is 116 Å². The van der Waals surface area contributed by atoms with Crippen molar-refractivity contribution in [1.82, 2.24) is 0 Å². The van der Waals surface area contributed by atoms with Crippen LogP contribution >= 0.6 is 34.8 Å². The first-order valence-electron chi connectivity index (χ1n) is 4.94. The van der Waals surface area contributed by atoms with E-state index >= 15 is 0 Å². The molecule has 2 atom stereocenters.